The molecule has 0 bridgehead atoms. The molecule has 0 amide bonds. The van der Waals surface area contributed by atoms with E-state index in [9.17, 15) is 9.18 Å². The number of aliphatic hydroxyl groups is 1. The molecule has 0 aliphatic rings. The molecule has 1 rings (SSSR count). The molecule has 0 fully saturated rings. The van der Waals surface area contributed by atoms with Gasteiger partial charge in [0.1, 0.15) is 11.9 Å². The Balaban J connectivity index is 3.12. The largest absolute Gasteiger partial charge is 0.468 e. The Labute approximate surface area is 106 Å². The maximum atomic E-state index is 13.8. The topological polar surface area (TPSA) is 49.8 Å². The van der Waals surface area contributed by atoms with E-state index < -0.39 is 17.8 Å². The van der Waals surface area contributed by atoms with Crippen molar-refractivity contribution in [1.29, 1.82) is 0 Å². The Kier molecular flexibility index (Phi) is 5.74. The minimum Gasteiger partial charge on any atom is -0.468 e. The van der Waals surface area contributed by atoms with Crippen LogP contribution < -0.4 is 0 Å². The van der Waals surface area contributed by atoms with Crippen LogP contribution in [0.25, 0.3) is 0 Å². The molecule has 0 radical (unpaired) electrons. The van der Waals surface area contributed by atoms with E-state index in [0.29, 0.717) is 6.54 Å². The van der Waals surface area contributed by atoms with Crippen molar-refractivity contribution in [3.63, 3.8) is 0 Å². The van der Waals surface area contributed by atoms with Gasteiger partial charge in [-0.05, 0) is 12.6 Å². The lowest BCUT2D eigenvalue weighted by Gasteiger charge is -2.28. The summed E-state index contributed by atoms with van der Waals surface area (Å²) in [6.45, 7) is 2.53. The molecule has 18 heavy (non-hydrogen) atoms. The second kappa shape index (κ2) is 7.08. The monoisotopic (exact) mass is 255 g/mol. The smallest absolute Gasteiger partial charge is 0.327 e. The summed E-state index contributed by atoms with van der Waals surface area (Å²) in [6, 6.07) is 5.26. The van der Waals surface area contributed by atoms with Crippen molar-refractivity contribution in [3.05, 3.63) is 35.6 Å². The molecule has 1 aromatic carbocycles. The summed E-state index contributed by atoms with van der Waals surface area (Å²) in [5.41, 5.74) is 0.264. The zero-order valence-corrected chi connectivity index (χ0v) is 10.6. The number of rotatable bonds is 6. The molecule has 0 heterocycles. The Bertz CT molecular complexity index is 398. The zero-order chi connectivity index (χ0) is 13.5. The van der Waals surface area contributed by atoms with Crippen molar-refractivity contribution >= 4 is 5.97 Å². The first kappa shape index (κ1) is 14.6. The number of methoxy groups -OCH3 is 1. The van der Waals surface area contributed by atoms with Crippen molar-refractivity contribution in [2.45, 2.75) is 13.0 Å². The molecular formula is C13H18FNO3. The zero-order valence-electron chi connectivity index (χ0n) is 10.6. The van der Waals surface area contributed by atoms with Gasteiger partial charge in [-0.2, -0.15) is 0 Å². The second-order valence-electron chi connectivity index (χ2n) is 3.80. The molecule has 0 aromatic heterocycles. The van der Waals surface area contributed by atoms with Crippen molar-refractivity contribution in [2.75, 3.05) is 26.8 Å². The normalized spacial score (nSPS) is 12.5. The fourth-order valence-corrected chi connectivity index (χ4v) is 1.88. The first-order valence-corrected chi connectivity index (χ1v) is 5.82. The SMILES string of the molecule is CCN(CCO)C(C(=O)OC)c1ccccc1F. The van der Waals surface area contributed by atoms with Crippen molar-refractivity contribution < 1.29 is 19.0 Å². The van der Waals surface area contributed by atoms with E-state index in [1.165, 1.54) is 13.2 Å². The van der Waals surface area contributed by atoms with Crippen LogP contribution in [0.2, 0.25) is 0 Å². The highest BCUT2D eigenvalue weighted by molar-refractivity contribution is 5.77. The highest BCUT2D eigenvalue weighted by Crippen LogP contribution is 2.24. The maximum Gasteiger partial charge on any atom is 0.327 e. The van der Waals surface area contributed by atoms with Crippen LogP contribution in [0.4, 0.5) is 4.39 Å². The first-order chi connectivity index (χ1) is 8.65. The summed E-state index contributed by atoms with van der Waals surface area (Å²) in [7, 11) is 1.27. The minimum atomic E-state index is -0.826. The predicted molar refractivity (Wildman–Crippen MR) is 65.5 cm³/mol. The van der Waals surface area contributed by atoms with Crippen LogP contribution in [0.15, 0.2) is 24.3 Å². The van der Waals surface area contributed by atoms with Gasteiger partial charge in [-0.25, -0.2) is 9.18 Å². The van der Waals surface area contributed by atoms with E-state index in [0.717, 1.165) is 0 Å². The van der Waals surface area contributed by atoms with Crippen molar-refractivity contribution in [3.8, 4) is 0 Å². The summed E-state index contributed by atoms with van der Waals surface area (Å²) in [5.74, 6) is -0.986. The Morgan fingerprint density at radius 1 is 1.50 bits per heavy atom. The van der Waals surface area contributed by atoms with Crippen LogP contribution in [0.5, 0.6) is 0 Å². The maximum absolute atomic E-state index is 13.8. The van der Waals surface area contributed by atoms with Crippen LogP contribution in [0.3, 0.4) is 0 Å². The van der Waals surface area contributed by atoms with Crippen LogP contribution >= 0.6 is 0 Å². The molecule has 1 N–H and O–H groups in total. The third kappa shape index (κ3) is 3.27. The van der Waals surface area contributed by atoms with Gasteiger partial charge in [0.2, 0.25) is 0 Å². The van der Waals surface area contributed by atoms with Crippen LogP contribution in [0, 0.1) is 5.82 Å². The number of likely N-dealkylation sites (N-methyl/N-ethyl adjacent to an activating group) is 1. The van der Waals surface area contributed by atoms with E-state index in [4.69, 9.17) is 9.84 Å². The third-order valence-electron chi connectivity index (χ3n) is 2.78. The van der Waals surface area contributed by atoms with Gasteiger partial charge in [0.05, 0.1) is 13.7 Å². The Morgan fingerprint density at radius 3 is 2.67 bits per heavy atom. The molecule has 1 unspecified atom stereocenters. The molecule has 0 aliphatic carbocycles. The summed E-state index contributed by atoms with van der Waals surface area (Å²) in [5, 5.41) is 9.00. The van der Waals surface area contributed by atoms with Gasteiger partial charge < -0.3 is 9.84 Å². The van der Waals surface area contributed by atoms with Gasteiger partial charge >= 0.3 is 5.97 Å². The average molecular weight is 255 g/mol. The molecule has 100 valence electrons. The number of esters is 1. The molecule has 0 spiro atoms. The third-order valence-corrected chi connectivity index (χ3v) is 2.78. The van der Waals surface area contributed by atoms with E-state index >= 15 is 0 Å². The Hall–Kier alpha value is -1.46. The number of aliphatic hydroxyl groups excluding tert-OH is 1. The van der Waals surface area contributed by atoms with Gasteiger partial charge in [-0.1, -0.05) is 25.1 Å². The number of nitrogens with zero attached hydrogens (tertiary/aromatic N) is 1. The van der Waals surface area contributed by atoms with E-state index in [2.05, 4.69) is 0 Å². The van der Waals surface area contributed by atoms with Crippen LogP contribution in [-0.2, 0) is 9.53 Å². The molecular weight excluding hydrogens is 237 g/mol. The number of halogens is 1. The lowest BCUT2D eigenvalue weighted by atomic mass is 10.0. The molecule has 5 heteroatoms. The first-order valence-electron chi connectivity index (χ1n) is 5.82. The standard InChI is InChI=1S/C13H18FNO3/c1-3-15(8-9-16)12(13(17)18-2)10-6-4-5-7-11(10)14/h4-7,12,16H,3,8-9H2,1-2H3. The van der Waals surface area contributed by atoms with Crippen molar-refractivity contribution in [1.82, 2.24) is 4.90 Å². The summed E-state index contributed by atoms with van der Waals surface area (Å²) >= 11 is 0. The molecule has 0 aliphatic heterocycles. The number of benzene rings is 1. The fraction of sp³-hybridized carbons (Fsp3) is 0.462. The molecule has 1 aromatic rings. The molecule has 0 saturated heterocycles. The summed E-state index contributed by atoms with van der Waals surface area (Å²) < 4.78 is 18.5. The summed E-state index contributed by atoms with van der Waals surface area (Å²) in [6.07, 6.45) is 0. The van der Waals surface area contributed by atoms with Gasteiger partial charge in [0.15, 0.2) is 0 Å². The van der Waals surface area contributed by atoms with E-state index in [1.54, 1.807) is 23.1 Å². The number of ether oxygens (including phenoxy) is 1. The number of carbonyl (C=O) groups excluding carboxylic acids is 1. The van der Waals surface area contributed by atoms with Gasteiger partial charge in [-0.15, -0.1) is 0 Å². The van der Waals surface area contributed by atoms with Gasteiger partial charge in [-0.3, -0.25) is 4.90 Å². The lowest BCUT2D eigenvalue weighted by molar-refractivity contribution is -0.147. The lowest BCUT2D eigenvalue weighted by Crippen LogP contribution is -2.37. The molecule has 4 nitrogen and oxygen atoms in total. The Morgan fingerprint density at radius 2 is 2.17 bits per heavy atom. The quantitative estimate of drug-likeness (QED) is 0.780. The van der Waals surface area contributed by atoms with E-state index in [1.807, 2.05) is 6.92 Å². The highest BCUT2D eigenvalue weighted by Gasteiger charge is 2.29. The molecule has 1 atom stereocenters. The average Bonchev–Trinajstić information content (AvgIpc) is 2.39. The predicted octanol–water partition coefficient (Wildman–Crippen LogP) is 1.35. The van der Waals surface area contributed by atoms with Gasteiger partial charge in [0, 0.05) is 12.1 Å². The molecule has 0 saturated carbocycles. The van der Waals surface area contributed by atoms with Crippen molar-refractivity contribution in [2.24, 2.45) is 0 Å². The van der Waals surface area contributed by atoms with Crippen LogP contribution in [0.1, 0.15) is 18.5 Å². The van der Waals surface area contributed by atoms with E-state index in [-0.39, 0.29) is 18.7 Å². The summed E-state index contributed by atoms with van der Waals surface area (Å²) in [4.78, 5) is 13.5. The second-order valence-corrected chi connectivity index (χ2v) is 3.80. The van der Waals surface area contributed by atoms with Gasteiger partial charge in [0.25, 0.3) is 0 Å². The number of carbonyl (C=O) groups is 1. The highest BCUT2D eigenvalue weighted by atomic mass is 19.1. The van der Waals surface area contributed by atoms with Crippen LogP contribution in [-0.4, -0.2) is 42.8 Å². The number of hydrogen-bond acceptors (Lipinski definition) is 4. The number of hydrogen-bond donors (Lipinski definition) is 1. The fourth-order valence-electron chi connectivity index (χ4n) is 1.88. The minimum absolute atomic E-state index is 0.101.